The van der Waals surface area contributed by atoms with E-state index in [1.54, 1.807) is 0 Å². The van der Waals surface area contributed by atoms with Crippen molar-refractivity contribution in [1.29, 1.82) is 0 Å². The Hall–Kier alpha value is -0.520. The molecule has 21 heavy (non-hydrogen) atoms. The van der Waals surface area contributed by atoms with Crippen LogP contribution < -0.4 is 0 Å². The van der Waals surface area contributed by atoms with E-state index in [2.05, 4.69) is 38.2 Å². The van der Waals surface area contributed by atoms with E-state index in [1.165, 1.54) is 70.6 Å². The number of allylic oxidation sites excluding steroid dienone is 4. The van der Waals surface area contributed by atoms with Gasteiger partial charge in [0, 0.05) is 0 Å². The van der Waals surface area contributed by atoms with Gasteiger partial charge in [-0.1, -0.05) is 38.2 Å². The van der Waals surface area contributed by atoms with Gasteiger partial charge in [-0.3, -0.25) is 0 Å². The van der Waals surface area contributed by atoms with Crippen molar-refractivity contribution in [2.24, 2.45) is 23.7 Å². The summed E-state index contributed by atoms with van der Waals surface area (Å²) in [5.74, 6) is 3.89. The van der Waals surface area contributed by atoms with E-state index in [0.717, 1.165) is 23.7 Å². The molecule has 120 valence electrons. The van der Waals surface area contributed by atoms with Crippen molar-refractivity contribution in [2.75, 3.05) is 0 Å². The number of hydrogen-bond acceptors (Lipinski definition) is 0. The predicted molar refractivity (Wildman–Crippen MR) is 94.4 cm³/mol. The fourth-order valence-electron chi connectivity index (χ4n) is 4.36. The van der Waals surface area contributed by atoms with Gasteiger partial charge in [-0.05, 0) is 94.3 Å². The van der Waals surface area contributed by atoms with Crippen LogP contribution in [-0.2, 0) is 0 Å². The molecule has 2 aliphatic carbocycles. The van der Waals surface area contributed by atoms with Crippen LogP contribution in [0.3, 0.4) is 0 Å². The Morgan fingerprint density at radius 3 is 1.33 bits per heavy atom. The summed E-state index contributed by atoms with van der Waals surface area (Å²) in [5.41, 5.74) is 0. The Kier molecular flexibility index (Phi) is 7.61. The van der Waals surface area contributed by atoms with Crippen molar-refractivity contribution in [3.05, 3.63) is 24.3 Å². The Morgan fingerprint density at radius 1 is 0.619 bits per heavy atom. The van der Waals surface area contributed by atoms with Gasteiger partial charge in [0.05, 0.1) is 0 Å². The quantitative estimate of drug-likeness (QED) is 0.465. The summed E-state index contributed by atoms with van der Waals surface area (Å²) in [6, 6.07) is 0. The van der Waals surface area contributed by atoms with Crippen molar-refractivity contribution in [2.45, 2.75) is 84.5 Å². The molecule has 2 aliphatic rings. The molecule has 2 fully saturated rings. The van der Waals surface area contributed by atoms with Gasteiger partial charge in [-0.2, -0.15) is 0 Å². The molecule has 0 aromatic carbocycles. The SMILES string of the molecule is CC/C=C/C1CCC(CC2CCC(/C=C/CC)CC2)CC1. The van der Waals surface area contributed by atoms with Crippen LogP contribution in [0.15, 0.2) is 24.3 Å². The van der Waals surface area contributed by atoms with E-state index in [9.17, 15) is 0 Å². The van der Waals surface area contributed by atoms with E-state index < -0.39 is 0 Å². The van der Waals surface area contributed by atoms with Gasteiger partial charge in [0.1, 0.15) is 0 Å². The summed E-state index contributed by atoms with van der Waals surface area (Å²) in [6.07, 6.45) is 25.5. The first-order chi connectivity index (χ1) is 10.3. The van der Waals surface area contributed by atoms with Crippen molar-refractivity contribution in [3.8, 4) is 0 Å². The second-order valence-corrected chi connectivity index (χ2v) is 7.47. The molecule has 0 heteroatoms. The standard InChI is InChI=1S/C21H36/c1-3-5-7-18-9-13-20(14-10-18)17-21-15-11-19(12-16-21)8-6-4-2/h5-8,18-21H,3-4,9-17H2,1-2H3/b7-5+,8-6+. The minimum Gasteiger partial charge on any atom is -0.0885 e. The molecule has 0 saturated heterocycles. The lowest BCUT2D eigenvalue weighted by molar-refractivity contribution is 0.213. The molecule has 0 nitrogen and oxygen atoms in total. The van der Waals surface area contributed by atoms with Gasteiger partial charge in [0.2, 0.25) is 0 Å². The van der Waals surface area contributed by atoms with Crippen LogP contribution in [0.5, 0.6) is 0 Å². The van der Waals surface area contributed by atoms with Gasteiger partial charge in [0.25, 0.3) is 0 Å². The lowest BCUT2D eigenvalue weighted by Gasteiger charge is -2.33. The van der Waals surface area contributed by atoms with Gasteiger partial charge in [-0.25, -0.2) is 0 Å². The maximum Gasteiger partial charge on any atom is -0.0233 e. The van der Waals surface area contributed by atoms with Crippen molar-refractivity contribution in [1.82, 2.24) is 0 Å². The van der Waals surface area contributed by atoms with E-state index in [0.29, 0.717) is 0 Å². The fourth-order valence-corrected chi connectivity index (χ4v) is 4.36. The predicted octanol–water partition coefficient (Wildman–Crippen LogP) is 6.92. The van der Waals surface area contributed by atoms with Gasteiger partial charge in [-0.15, -0.1) is 0 Å². The molecular weight excluding hydrogens is 252 g/mol. The third-order valence-corrected chi connectivity index (χ3v) is 5.74. The summed E-state index contributed by atoms with van der Waals surface area (Å²) in [6.45, 7) is 4.49. The highest BCUT2D eigenvalue weighted by atomic mass is 14.3. The Morgan fingerprint density at radius 2 is 1.00 bits per heavy atom. The summed E-state index contributed by atoms with van der Waals surface area (Å²) >= 11 is 0. The highest BCUT2D eigenvalue weighted by Crippen LogP contribution is 2.38. The smallest absolute Gasteiger partial charge is 0.0233 e. The van der Waals surface area contributed by atoms with Crippen LogP contribution in [0.1, 0.15) is 84.5 Å². The van der Waals surface area contributed by atoms with Crippen molar-refractivity contribution >= 4 is 0 Å². The average Bonchev–Trinajstić information content (AvgIpc) is 2.53. The van der Waals surface area contributed by atoms with Crippen molar-refractivity contribution in [3.63, 3.8) is 0 Å². The van der Waals surface area contributed by atoms with E-state index in [1.807, 2.05) is 0 Å². The molecule has 0 spiro atoms. The number of rotatable bonds is 6. The zero-order valence-corrected chi connectivity index (χ0v) is 14.4. The van der Waals surface area contributed by atoms with Crippen LogP contribution in [0.25, 0.3) is 0 Å². The topological polar surface area (TPSA) is 0 Å². The highest BCUT2D eigenvalue weighted by molar-refractivity contribution is 4.92. The first kappa shape index (κ1) is 16.8. The molecule has 0 N–H and O–H groups in total. The van der Waals surface area contributed by atoms with E-state index in [-0.39, 0.29) is 0 Å². The molecule has 0 radical (unpaired) electrons. The molecule has 2 saturated carbocycles. The lowest BCUT2D eigenvalue weighted by atomic mass is 9.73. The molecule has 0 unspecified atom stereocenters. The fraction of sp³-hybridized carbons (Fsp3) is 0.810. The van der Waals surface area contributed by atoms with E-state index in [4.69, 9.17) is 0 Å². The molecule has 0 atom stereocenters. The lowest BCUT2D eigenvalue weighted by Crippen LogP contribution is -2.20. The highest BCUT2D eigenvalue weighted by Gasteiger charge is 2.25. The molecule has 0 heterocycles. The summed E-state index contributed by atoms with van der Waals surface area (Å²) in [4.78, 5) is 0. The zero-order chi connectivity index (χ0) is 14.9. The van der Waals surface area contributed by atoms with Crippen LogP contribution in [-0.4, -0.2) is 0 Å². The van der Waals surface area contributed by atoms with Crippen LogP contribution in [0.2, 0.25) is 0 Å². The van der Waals surface area contributed by atoms with Gasteiger partial charge >= 0.3 is 0 Å². The van der Waals surface area contributed by atoms with Crippen molar-refractivity contribution < 1.29 is 0 Å². The average molecular weight is 289 g/mol. The summed E-state index contributed by atoms with van der Waals surface area (Å²) < 4.78 is 0. The Labute approximate surface area is 133 Å². The summed E-state index contributed by atoms with van der Waals surface area (Å²) in [7, 11) is 0. The summed E-state index contributed by atoms with van der Waals surface area (Å²) in [5, 5.41) is 0. The minimum absolute atomic E-state index is 0.899. The second kappa shape index (κ2) is 9.49. The maximum absolute atomic E-state index is 2.49. The van der Waals surface area contributed by atoms with Gasteiger partial charge in [0.15, 0.2) is 0 Å². The molecule has 0 aromatic rings. The minimum atomic E-state index is 0.899. The molecule has 0 amide bonds. The molecule has 0 bridgehead atoms. The van der Waals surface area contributed by atoms with Gasteiger partial charge < -0.3 is 0 Å². The van der Waals surface area contributed by atoms with Crippen LogP contribution >= 0.6 is 0 Å². The normalized spacial score (nSPS) is 34.8. The zero-order valence-electron chi connectivity index (χ0n) is 14.4. The Bertz CT molecular complexity index is 277. The molecule has 0 aliphatic heterocycles. The monoisotopic (exact) mass is 288 g/mol. The third-order valence-electron chi connectivity index (χ3n) is 5.74. The molecule has 0 aromatic heterocycles. The number of hydrogen-bond donors (Lipinski definition) is 0. The second-order valence-electron chi connectivity index (χ2n) is 7.47. The molecular formula is C21H36. The first-order valence-corrected chi connectivity index (χ1v) is 9.65. The van der Waals surface area contributed by atoms with E-state index >= 15 is 0 Å². The third kappa shape index (κ3) is 6.01. The van der Waals surface area contributed by atoms with Crippen LogP contribution in [0, 0.1) is 23.7 Å². The van der Waals surface area contributed by atoms with Crippen LogP contribution in [0.4, 0.5) is 0 Å². The largest absolute Gasteiger partial charge is 0.0885 e. The first-order valence-electron chi connectivity index (χ1n) is 9.65. The Balaban J connectivity index is 1.64. The molecule has 2 rings (SSSR count). The maximum atomic E-state index is 2.49.